The summed E-state index contributed by atoms with van der Waals surface area (Å²) in [6.45, 7) is 6.12. The predicted molar refractivity (Wildman–Crippen MR) is 48.3 cm³/mol. The Bertz CT molecular complexity index is 196. The Hall–Kier alpha value is -1.78. The van der Waals surface area contributed by atoms with Crippen molar-refractivity contribution in [3.63, 3.8) is 0 Å². The van der Waals surface area contributed by atoms with E-state index < -0.39 is 12.3 Å². The maximum atomic E-state index is 10.3. The molecule has 0 unspecified atom stereocenters. The van der Waals surface area contributed by atoms with Crippen LogP contribution in [0, 0.1) is 0 Å². The van der Waals surface area contributed by atoms with Crippen molar-refractivity contribution in [3.8, 4) is 0 Å². The fourth-order valence-corrected chi connectivity index (χ4v) is 0.252. The molecule has 0 amide bonds. The first-order valence-corrected chi connectivity index (χ1v) is 4.01. The third kappa shape index (κ3) is 10.2. The first kappa shape index (κ1) is 12.2. The first-order valence-electron chi connectivity index (χ1n) is 4.01. The Morgan fingerprint density at radius 1 is 0.929 bits per heavy atom. The predicted octanol–water partition coefficient (Wildman–Crippen LogP) is 2.73. The van der Waals surface area contributed by atoms with E-state index in [1.165, 1.54) is 19.3 Å². The second-order valence-corrected chi connectivity index (χ2v) is 2.23. The smallest absolute Gasteiger partial charge is 0.403 e. The van der Waals surface area contributed by atoms with E-state index in [2.05, 4.69) is 27.4 Å². The van der Waals surface area contributed by atoms with Gasteiger partial charge in [-0.1, -0.05) is 32.4 Å². The molecular formula is C9H12O5. The van der Waals surface area contributed by atoms with Gasteiger partial charge in [-0.25, -0.2) is 9.59 Å². The number of carbonyl (C=O) groups is 2. The Kier molecular flexibility index (Phi) is 6.85. The number of rotatable bonds is 2. The van der Waals surface area contributed by atoms with Crippen LogP contribution in [0.5, 0.6) is 0 Å². The zero-order valence-electron chi connectivity index (χ0n) is 7.73. The van der Waals surface area contributed by atoms with Crippen molar-refractivity contribution < 1.29 is 23.8 Å². The second kappa shape index (κ2) is 7.85. The Balaban J connectivity index is 0.000000469. The number of hydrogen-bond acceptors (Lipinski definition) is 5. The molecule has 0 atom stereocenters. The molecule has 1 aliphatic carbocycles. The minimum absolute atomic E-state index is 0.823. The van der Waals surface area contributed by atoms with E-state index >= 15 is 0 Å². The van der Waals surface area contributed by atoms with E-state index in [1.807, 2.05) is 0 Å². The van der Waals surface area contributed by atoms with Gasteiger partial charge in [0.25, 0.3) is 0 Å². The van der Waals surface area contributed by atoms with Crippen LogP contribution < -0.4 is 0 Å². The molecule has 0 aromatic carbocycles. The third-order valence-corrected chi connectivity index (χ3v) is 0.879. The summed E-state index contributed by atoms with van der Waals surface area (Å²) < 4.78 is 11.9. The molecule has 1 saturated carbocycles. The molecule has 0 aromatic heterocycles. The lowest BCUT2D eigenvalue weighted by Gasteiger charge is -1.97. The van der Waals surface area contributed by atoms with Crippen molar-refractivity contribution >= 4 is 12.3 Å². The van der Waals surface area contributed by atoms with Gasteiger partial charge in [0.2, 0.25) is 0 Å². The van der Waals surface area contributed by atoms with Crippen LogP contribution in [0.2, 0.25) is 0 Å². The molecule has 78 valence electrons. The summed E-state index contributed by atoms with van der Waals surface area (Å²) in [7, 11) is 0. The average molecular weight is 200 g/mol. The Labute approximate surface area is 81.9 Å². The van der Waals surface area contributed by atoms with Crippen molar-refractivity contribution in [2.24, 2.45) is 0 Å². The molecule has 5 nitrogen and oxygen atoms in total. The van der Waals surface area contributed by atoms with Gasteiger partial charge in [-0.05, 0) is 0 Å². The topological polar surface area (TPSA) is 61.8 Å². The summed E-state index contributed by atoms with van der Waals surface area (Å²) in [5.41, 5.74) is 0. The quantitative estimate of drug-likeness (QED) is 0.389. The average Bonchev–Trinajstić information content (AvgIpc) is 2.89. The molecule has 5 heteroatoms. The van der Waals surface area contributed by atoms with E-state index in [9.17, 15) is 9.59 Å². The van der Waals surface area contributed by atoms with E-state index in [0.29, 0.717) is 0 Å². The highest BCUT2D eigenvalue weighted by atomic mass is 16.8. The molecular weight excluding hydrogens is 188 g/mol. The summed E-state index contributed by atoms with van der Waals surface area (Å²) >= 11 is 0. The second-order valence-electron chi connectivity index (χ2n) is 2.23. The highest BCUT2D eigenvalue weighted by Gasteiger charge is 2.09. The molecule has 1 aliphatic rings. The first-order chi connectivity index (χ1) is 6.70. The van der Waals surface area contributed by atoms with E-state index in [1.54, 1.807) is 0 Å². The van der Waals surface area contributed by atoms with Crippen LogP contribution in [0.4, 0.5) is 9.59 Å². The largest absolute Gasteiger partial charge is 0.523 e. The molecule has 0 saturated heterocycles. The fraction of sp³-hybridized carbons (Fsp3) is 0.333. The summed E-state index contributed by atoms with van der Waals surface area (Å²) in [6.07, 6.45) is 3.74. The van der Waals surface area contributed by atoms with Crippen LogP contribution in [0.25, 0.3) is 0 Å². The normalized spacial score (nSPS) is 11.1. The van der Waals surface area contributed by atoms with Gasteiger partial charge in [0, 0.05) is 0 Å². The summed E-state index contributed by atoms with van der Waals surface area (Å²) in [4.78, 5) is 20.6. The lowest BCUT2D eigenvalue weighted by atomic mass is 11.0. The van der Waals surface area contributed by atoms with Crippen molar-refractivity contribution in [2.45, 2.75) is 19.3 Å². The van der Waals surface area contributed by atoms with Gasteiger partial charge in [0.05, 0.1) is 12.5 Å². The SMILES string of the molecule is C1CC1.C=COC(=O)OC(=O)OC=C. The van der Waals surface area contributed by atoms with Gasteiger partial charge in [-0.2, -0.15) is 0 Å². The minimum atomic E-state index is -1.20. The summed E-state index contributed by atoms with van der Waals surface area (Å²) in [6, 6.07) is 0. The van der Waals surface area contributed by atoms with Crippen LogP contribution in [-0.2, 0) is 14.2 Å². The fourth-order valence-electron chi connectivity index (χ4n) is 0.252. The van der Waals surface area contributed by atoms with Gasteiger partial charge in [-0.3, -0.25) is 0 Å². The molecule has 0 heterocycles. The molecule has 1 rings (SSSR count). The Morgan fingerprint density at radius 3 is 1.50 bits per heavy atom. The monoisotopic (exact) mass is 200 g/mol. The highest BCUT2D eigenvalue weighted by Crippen LogP contribution is 2.14. The maximum absolute atomic E-state index is 10.3. The van der Waals surface area contributed by atoms with Crippen LogP contribution in [0.3, 0.4) is 0 Å². The lowest BCUT2D eigenvalue weighted by Crippen LogP contribution is -2.10. The summed E-state index contributed by atoms with van der Waals surface area (Å²) in [5.74, 6) is 0. The van der Waals surface area contributed by atoms with Crippen molar-refractivity contribution in [1.82, 2.24) is 0 Å². The van der Waals surface area contributed by atoms with Gasteiger partial charge < -0.3 is 14.2 Å². The zero-order chi connectivity index (χ0) is 10.8. The van der Waals surface area contributed by atoms with Gasteiger partial charge in [0.1, 0.15) is 0 Å². The van der Waals surface area contributed by atoms with E-state index in [4.69, 9.17) is 0 Å². The molecule has 0 spiro atoms. The number of carbonyl (C=O) groups excluding carboxylic acids is 2. The standard InChI is InChI=1S/C6H6O5.C3H6/c1-3-9-5(7)11-6(8)10-4-2;1-2-3-1/h3-4H,1-2H2;1-3H2. The number of hydrogen-bond donors (Lipinski definition) is 0. The van der Waals surface area contributed by atoms with Gasteiger partial charge in [-0.15, -0.1) is 0 Å². The van der Waals surface area contributed by atoms with Crippen LogP contribution in [0.15, 0.2) is 25.7 Å². The van der Waals surface area contributed by atoms with Crippen LogP contribution >= 0.6 is 0 Å². The molecule has 14 heavy (non-hydrogen) atoms. The lowest BCUT2D eigenvalue weighted by molar-refractivity contribution is 0.0718. The molecule has 0 aliphatic heterocycles. The molecule has 1 fully saturated rings. The third-order valence-electron chi connectivity index (χ3n) is 0.879. The molecule has 0 aromatic rings. The van der Waals surface area contributed by atoms with Crippen molar-refractivity contribution in [3.05, 3.63) is 25.7 Å². The van der Waals surface area contributed by atoms with Gasteiger partial charge >= 0.3 is 12.3 Å². The van der Waals surface area contributed by atoms with Crippen LogP contribution in [-0.4, -0.2) is 12.3 Å². The van der Waals surface area contributed by atoms with Gasteiger partial charge in [0.15, 0.2) is 0 Å². The summed E-state index contributed by atoms with van der Waals surface area (Å²) in [5, 5.41) is 0. The van der Waals surface area contributed by atoms with Crippen molar-refractivity contribution in [2.75, 3.05) is 0 Å². The van der Waals surface area contributed by atoms with Crippen LogP contribution in [0.1, 0.15) is 19.3 Å². The molecule has 0 bridgehead atoms. The molecule has 0 N–H and O–H groups in total. The van der Waals surface area contributed by atoms with E-state index in [-0.39, 0.29) is 0 Å². The highest BCUT2D eigenvalue weighted by molar-refractivity contribution is 5.77. The Morgan fingerprint density at radius 2 is 1.29 bits per heavy atom. The zero-order valence-corrected chi connectivity index (χ0v) is 7.73. The minimum Gasteiger partial charge on any atom is -0.403 e. The van der Waals surface area contributed by atoms with E-state index in [0.717, 1.165) is 12.5 Å². The maximum Gasteiger partial charge on any atom is 0.523 e. The number of ether oxygens (including phenoxy) is 3. The van der Waals surface area contributed by atoms with Crippen molar-refractivity contribution in [1.29, 1.82) is 0 Å². The molecule has 0 radical (unpaired) electrons.